The van der Waals surface area contributed by atoms with E-state index >= 15 is 0 Å². The van der Waals surface area contributed by atoms with Crippen LogP contribution in [0.1, 0.15) is 11.1 Å². The van der Waals surface area contributed by atoms with E-state index in [1.54, 1.807) is 36.7 Å². The molecule has 0 bridgehead atoms. The highest BCUT2D eigenvalue weighted by molar-refractivity contribution is 14.1. The van der Waals surface area contributed by atoms with Crippen molar-refractivity contribution in [1.29, 1.82) is 0 Å². The van der Waals surface area contributed by atoms with Crippen molar-refractivity contribution in [3.8, 4) is 11.5 Å². The zero-order valence-electron chi connectivity index (χ0n) is 17.7. The second-order valence-electron chi connectivity index (χ2n) is 7.11. The minimum absolute atomic E-state index is 0.133. The summed E-state index contributed by atoms with van der Waals surface area (Å²) >= 11 is 4.31. The summed E-state index contributed by atoms with van der Waals surface area (Å²) in [4.78, 5) is 16.5. The number of amides is 1. The number of fused-ring (bicyclic) bond motifs is 1. The lowest BCUT2D eigenvalue weighted by Crippen LogP contribution is -2.24. The van der Waals surface area contributed by atoms with Crippen LogP contribution in [0, 0.1) is 13.0 Å². The van der Waals surface area contributed by atoms with Crippen molar-refractivity contribution in [3.63, 3.8) is 0 Å². The van der Waals surface area contributed by atoms with Crippen molar-refractivity contribution in [3.05, 3.63) is 97.0 Å². The lowest BCUT2D eigenvalue weighted by atomic mass is 10.2. The van der Waals surface area contributed by atoms with Crippen LogP contribution in [-0.2, 0) is 11.4 Å². The van der Waals surface area contributed by atoms with E-state index in [9.17, 15) is 9.18 Å². The summed E-state index contributed by atoms with van der Waals surface area (Å²) in [6.07, 6.45) is 3.22. The fourth-order valence-electron chi connectivity index (χ4n) is 3.10. The molecular formula is C25H18FI2N3O3. The number of hydrogen-bond acceptors (Lipinski definition) is 5. The zero-order chi connectivity index (χ0) is 23.9. The van der Waals surface area contributed by atoms with Gasteiger partial charge in [-0.15, -0.1) is 0 Å². The van der Waals surface area contributed by atoms with Gasteiger partial charge in [0.2, 0.25) is 0 Å². The summed E-state index contributed by atoms with van der Waals surface area (Å²) < 4.78 is 27.0. The van der Waals surface area contributed by atoms with Crippen LogP contribution in [0.2, 0.25) is 0 Å². The average Bonchev–Trinajstić information content (AvgIpc) is 2.83. The highest BCUT2D eigenvalue weighted by Crippen LogP contribution is 2.29. The smallest absolute Gasteiger partial charge is 0.277 e. The van der Waals surface area contributed by atoms with Crippen molar-refractivity contribution in [2.24, 2.45) is 5.10 Å². The lowest BCUT2D eigenvalue weighted by Gasteiger charge is -2.12. The Balaban J connectivity index is 1.33. The summed E-state index contributed by atoms with van der Waals surface area (Å²) in [5.41, 5.74) is 4.43. The topological polar surface area (TPSA) is 72.8 Å². The molecule has 0 aliphatic heterocycles. The van der Waals surface area contributed by atoms with E-state index in [0.717, 1.165) is 18.1 Å². The minimum atomic E-state index is -0.390. The molecule has 172 valence electrons. The number of nitrogens with one attached hydrogen (secondary N) is 1. The second kappa shape index (κ2) is 11.6. The molecule has 0 saturated carbocycles. The van der Waals surface area contributed by atoms with Crippen molar-refractivity contribution >= 4 is 68.2 Å². The Hall–Kier alpha value is -2.80. The third kappa shape index (κ3) is 6.20. The first-order valence-corrected chi connectivity index (χ1v) is 12.3. The SMILES string of the molecule is O=C(COc1cccc2cccnc12)N/N=C/c1cc(I)c(OCc2ccccc2F)c(I)c1. The number of ether oxygens (including phenoxy) is 2. The maximum atomic E-state index is 13.8. The van der Waals surface area contributed by atoms with Crippen LogP contribution in [0.5, 0.6) is 11.5 Å². The maximum Gasteiger partial charge on any atom is 0.277 e. The largest absolute Gasteiger partial charge is 0.487 e. The van der Waals surface area contributed by atoms with Gasteiger partial charge in [0.25, 0.3) is 5.91 Å². The van der Waals surface area contributed by atoms with Crippen LogP contribution >= 0.6 is 45.2 Å². The number of carbonyl (C=O) groups excluding carboxylic acids is 1. The number of aromatic nitrogens is 1. The van der Waals surface area contributed by atoms with Crippen molar-refractivity contribution in [1.82, 2.24) is 10.4 Å². The predicted molar refractivity (Wildman–Crippen MR) is 146 cm³/mol. The van der Waals surface area contributed by atoms with Gasteiger partial charge in [0.15, 0.2) is 6.61 Å². The molecule has 0 unspecified atom stereocenters. The molecule has 0 saturated heterocycles. The molecule has 0 aliphatic carbocycles. The molecule has 1 heterocycles. The third-order valence-electron chi connectivity index (χ3n) is 4.71. The lowest BCUT2D eigenvalue weighted by molar-refractivity contribution is -0.123. The van der Waals surface area contributed by atoms with E-state index in [-0.39, 0.29) is 19.0 Å². The minimum Gasteiger partial charge on any atom is -0.487 e. The number of pyridine rings is 1. The number of para-hydroxylation sites is 1. The summed E-state index contributed by atoms with van der Waals surface area (Å²) in [6.45, 7) is -0.0562. The second-order valence-corrected chi connectivity index (χ2v) is 9.43. The molecule has 4 rings (SSSR count). The van der Waals surface area contributed by atoms with Crippen LogP contribution in [0.15, 0.2) is 78.0 Å². The first-order valence-electron chi connectivity index (χ1n) is 10.1. The summed E-state index contributed by atoms with van der Waals surface area (Å²) in [5, 5.41) is 4.95. The van der Waals surface area contributed by atoms with Gasteiger partial charge < -0.3 is 9.47 Å². The normalized spacial score (nSPS) is 11.0. The maximum absolute atomic E-state index is 13.8. The van der Waals surface area contributed by atoms with Crippen LogP contribution in [0.25, 0.3) is 10.9 Å². The first kappa shape index (κ1) is 24.3. The Kier molecular flexibility index (Phi) is 8.27. The molecule has 1 amide bonds. The molecule has 9 heteroatoms. The number of hydrogen-bond donors (Lipinski definition) is 1. The van der Waals surface area contributed by atoms with Gasteiger partial charge in [-0.05, 0) is 81.1 Å². The third-order valence-corrected chi connectivity index (χ3v) is 6.31. The monoisotopic (exact) mass is 681 g/mol. The van der Waals surface area contributed by atoms with Crippen molar-refractivity contribution in [2.75, 3.05) is 6.61 Å². The van der Waals surface area contributed by atoms with Crippen LogP contribution in [0.3, 0.4) is 0 Å². The van der Waals surface area contributed by atoms with Gasteiger partial charge in [0, 0.05) is 17.1 Å². The van der Waals surface area contributed by atoms with E-state index in [1.165, 1.54) is 6.07 Å². The molecule has 0 aliphatic rings. The van der Waals surface area contributed by atoms with Crippen LogP contribution < -0.4 is 14.9 Å². The molecule has 0 atom stereocenters. The van der Waals surface area contributed by atoms with Gasteiger partial charge >= 0.3 is 0 Å². The quantitative estimate of drug-likeness (QED) is 0.148. The van der Waals surface area contributed by atoms with Crippen LogP contribution in [-0.4, -0.2) is 23.7 Å². The van der Waals surface area contributed by atoms with Gasteiger partial charge in [-0.2, -0.15) is 5.10 Å². The number of halogens is 3. The molecule has 1 aromatic heterocycles. The van der Waals surface area contributed by atoms with E-state index in [2.05, 4.69) is 60.7 Å². The van der Waals surface area contributed by atoms with E-state index < -0.39 is 5.91 Å². The fourth-order valence-corrected chi connectivity index (χ4v) is 5.23. The molecule has 3 aromatic carbocycles. The van der Waals surface area contributed by atoms with Crippen LogP contribution in [0.4, 0.5) is 4.39 Å². The molecule has 0 fully saturated rings. The standard InChI is InChI=1S/C25H18FI2N3O3/c26-19-8-2-1-5-18(19)14-34-25-20(27)11-16(12-21(25)28)13-30-31-23(32)15-33-22-9-3-6-17-7-4-10-29-24(17)22/h1-13H,14-15H2,(H,31,32)/b30-13+. The van der Waals surface area contributed by atoms with Gasteiger partial charge in [-0.1, -0.05) is 36.4 Å². The number of carbonyl (C=O) groups is 1. The van der Waals surface area contributed by atoms with Gasteiger partial charge in [-0.25, -0.2) is 9.82 Å². The molecule has 0 spiro atoms. The fraction of sp³-hybridized carbons (Fsp3) is 0.0800. The highest BCUT2D eigenvalue weighted by atomic mass is 127. The molecule has 6 nitrogen and oxygen atoms in total. The zero-order valence-corrected chi connectivity index (χ0v) is 22.0. The number of benzene rings is 3. The summed E-state index contributed by atoms with van der Waals surface area (Å²) in [5.74, 6) is 0.515. The van der Waals surface area contributed by atoms with Gasteiger partial charge in [0.05, 0.1) is 13.4 Å². The van der Waals surface area contributed by atoms with Crippen molar-refractivity contribution < 1.29 is 18.7 Å². The number of nitrogens with zero attached hydrogens (tertiary/aromatic N) is 2. The first-order chi connectivity index (χ1) is 16.5. The predicted octanol–water partition coefficient (Wildman–Crippen LogP) is 5.69. The highest BCUT2D eigenvalue weighted by Gasteiger charge is 2.11. The molecule has 34 heavy (non-hydrogen) atoms. The Morgan fingerprint density at radius 3 is 2.59 bits per heavy atom. The Morgan fingerprint density at radius 2 is 1.79 bits per heavy atom. The molecule has 4 aromatic rings. The van der Waals surface area contributed by atoms with E-state index in [4.69, 9.17) is 9.47 Å². The Labute approximate surface area is 222 Å². The molecule has 1 N–H and O–H groups in total. The van der Waals surface area contributed by atoms with Gasteiger partial charge in [0.1, 0.15) is 29.4 Å². The number of rotatable bonds is 8. The Morgan fingerprint density at radius 1 is 1.03 bits per heavy atom. The van der Waals surface area contributed by atoms with E-state index in [0.29, 0.717) is 22.6 Å². The van der Waals surface area contributed by atoms with Crippen molar-refractivity contribution in [2.45, 2.75) is 6.61 Å². The molecular weight excluding hydrogens is 663 g/mol. The average molecular weight is 681 g/mol. The Bertz CT molecular complexity index is 1340. The van der Waals surface area contributed by atoms with E-state index in [1.807, 2.05) is 36.4 Å². The van der Waals surface area contributed by atoms with Gasteiger partial charge in [-0.3, -0.25) is 9.78 Å². The number of hydrazone groups is 1. The summed E-state index contributed by atoms with van der Waals surface area (Å²) in [6, 6.07) is 19.6. The summed E-state index contributed by atoms with van der Waals surface area (Å²) in [7, 11) is 0. The molecule has 0 radical (unpaired) electrons.